The summed E-state index contributed by atoms with van der Waals surface area (Å²) < 4.78 is 26.2. The Balaban J connectivity index is 3.13. The lowest BCUT2D eigenvalue weighted by Gasteiger charge is -2.12. The Morgan fingerprint density at radius 3 is 2.56 bits per heavy atom. The highest BCUT2D eigenvalue weighted by Crippen LogP contribution is 2.16. The lowest BCUT2D eigenvalue weighted by molar-refractivity contribution is 0.581. The van der Waals surface area contributed by atoms with Gasteiger partial charge in [-0.25, -0.2) is 13.1 Å². The second-order valence-corrected chi connectivity index (χ2v) is 5.53. The highest BCUT2D eigenvalue weighted by molar-refractivity contribution is 7.89. The van der Waals surface area contributed by atoms with E-state index in [2.05, 4.69) is 4.72 Å². The van der Waals surface area contributed by atoms with E-state index in [0.717, 1.165) is 5.56 Å². The number of hydrogen-bond acceptors (Lipinski definition) is 3. The van der Waals surface area contributed by atoms with E-state index in [4.69, 9.17) is 5.73 Å². The van der Waals surface area contributed by atoms with E-state index >= 15 is 0 Å². The van der Waals surface area contributed by atoms with Crippen LogP contribution in [0, 0.1) is 0 Å². The van der Waals surface area contributed by atoms with Gasteiger partial charge in [0.05, 0.1) is 4.90 Å². The van der Waals surface area contributed by atoms with Crippen LogP contribution in [0.5, 0.6) is 0 Å². The third kappa shape index (κ3) is 3.30. The second-order valence-electron chi connectivity index (χ2n) is 3.79. The number of rotatable bonds is 5. The molecule has 0 aromatic heterocycles. The average Bonchev–Trinajstić information content (AvgIpc) is 2.17. The predicted molar refractivity (Wildman–Crippen MR) is 64.7 cm³/mol. The van der Waals surface area contributed by atoms with Gasteiger partial charge in [-0.2, -0.15) is 0 Å². The summed E-state index contributed by atoms with van der Waals surface area (Å²) in [6.07, 6.45) is 0.556. The molecule has 0 saturated carbocycles. The lowest BCUT2D eigenvalue weighted by Crippen LogP contribution is -2.26. The molecule has 0 aliphatic rings. The minimum absolute atomic E-state index is 0.0574. The van der Waals surface area contributed by atoms with Gasteiger partial charge >= 0.3 is 0 Å². The van der Waals surface area contributed by atoms with Gasteiger partial charge in [-0.3, -0.25) is 0 Å². The smallest absolute Gasteiger partial charge is 0.240 e. The van der Waals surface area contributed by atoms with Crippen LogP contribution in [-0.4, -0.2) is 21.0 Å². The SMILES string of the molecule is CCNS(=O)(=O)c1ccccc1CC(C)N. The number of sulfonamides is 1. The third-order valence-electron chi connectivity index (χ3n) is 2.14. The molecule has 0 fully saturated rings. The first-order valence-corrected chi connectivity index (χ1v) is 6.79. The molecule has 0 heterocycles. The van der Waals surface area contributed by atoms with Crippen molar-refractivity contribution in [3.05, 3.63) is 29.8 Å². The molecule has 0 aliphatic heterocycles. The van der Waals surface area contributed by atoms with Gasteiger partial charge in [0.2, 0.25) is 10.0 Å². The van der Waals surface area contributed by atoms with Crippen LogP contribution in [0.1, 0.15) is 19.4 Å². The van der Waals surface area contributed by atoms with E-state index in [1.165, 1.54) is 0 Å². The molecule has 1 aromatic carbocycles. The van der Waals surface area contributed by atoms with Gasteiger partial charge in [0.25, 0.3) is 0 Å². The third-order valence-corrected chi connectivity index (χ3v) is 3.78. The molecule has 0 amide bonds. The molecule has 0 spiro atoms. The maximum Gasteiger partial charge on any atom is 0.240 e. The molecule has 90 valence electrons. The number of benzene rings is 1. The topological polar surface area (TPSA) is 72.2 Å². The zero-order chi connectivity index (χ0) is 12.2. The largest absolute Gasteiger partial charge is 0.328 e. The minimum atomic E-state index is -3.39. The zero-order valence-electron chi connectivity index (χ0n) is 9.60. The first-order valence-electron chi connectivity index (χ1n) is 5.30. The highest BCUT2D eigenvalue weighted by atomic mass is 32.2. The Hall–Kier alpha value is -0.910. The fraction of sp³-hybridized carbons (Fsp3) is 0.455. The van der Waals surface area contributed by atoms with Gasteiger partial charge < -0.3 is 5.73 Å². The van der Waals surface area contributed by atoms with Crippen LogP contribution in [0.25, 0.3) is 0 Å². The van der Waals surface area contributed by atoms with Crippen molar-refractivity contribution in [2.24, 2.45) is 5.73 Å². The molecule has 0 aliphatic carbocycles. The van der Waals surface area contributed by atoms with E-state index in [0.29, 0.717) is 17.9 Å². The normalized spacial score (nSPS) is 13.7. The first kappa shape index (κ1) is 13.2. The van der Waals surface area contributed by atoms with Crippen molar-refractivity contribution in [2.45, 2.75) is 31.2 Å². The molecule has 1 rings (SSSR count). The standard InChI is InChI=1S/C11H18N2O2S/c1-3-13-16(14,15)11-7-5-4-6-10(11)8-9(2)12/h4-7,9,13H,3,8,12H2,1-2H3. The van der Waals surface area contributed by atoms with E-state index in [1.54, 1.807) is 25.1 Å². The molecule has 0 bridgehead atoms. The average molecular weight is 242 g/mol. The summed E-state index contributed by atoms with van der Waals surface area (Å²) in [4.78, 5) is 0.328. The van der Waals surface area contributed by atoms with E-state index in [1.807, 2.05) is 13.0 Å². The van der Waals surface area contributed by atoms with Crippen molar-refractivity contribution in [2.75, 3.05) is 6.54 Å². The Morgan fingerprint density at radius 2 is 2.00 bits per heavy atom. The van der Waals surface area contributed by atoms with Gasteiger partial charge in [-0.15, -0.1) is 0 Å². The summed E-state index contributed by atoms with van der Waals surface area (Å²) >= 11 is 0. The van der Waals surface area contributed by atoms with Crippen LogP contribution >= 0.6 is 0 Å². The van der Waals surface area contributed by atoms with Crippen LogP contribution < -0.4 is 10.5 Å². The van der Waals surface area contributed by atoms with E-state index < -0.39 is 10.0 Å². The van der Waals surface area contributed by atoms with Crippen molar-refractivity contribution in [3.8, 4) is 0 Å². The van der Waals surface area contributed by atoms with Crippen LogP contribution in [0.2, 0.25) is 0 Å². The van der Waals surface area contributed by atoms with Gasteiger partial charge in [-0.1, -0.05) is 25.1 Å². The van der Waals surface area contributed by atoms with Crippen LogP contribution in [0.15, 0.2) is 29.2 Å². The van der Waals surface area contributed by atoms with Gasteiger partial charge in [-0.05, 0) is 25.0 Å². The number of nitrogens with one attached hydrogen (secondary N) is 1. The quantitative estimate of drug-likeness (QED) is 0.805. The van der Waals surface area contributed by atoms with Crippen molar-refractivity contribution >= 4 is 10.0 Å². The van der Waals surface area contributed by atoms with Crippen LogP contribution in [-0.2, 0) is 16.4 Å². The van der Waals surface area contributed by atoms with E-state index in [-0.39, 0.29) is 6.04 Å². The lowest BCUT2D eigenvalue weighted by atomic mass is 10.1. The second kappa shape index (κ2) is 5.43. The summed E-state index contributed by atoms with van der Waals surface area (Å²) in [5.74, 6) is 0. The summed E-state index contributed by atoms with van der Waals surface area (Å²) in [5.41, 5.74) is 6.46. The number of nitrogens with two attached hydrogens (primary N) is 1. The Labute approximate surface area is 96.9 Å². The molecule has 16 heavy (non-hydrogen) atoms. The maximum atomic E-state index is 11.9. The van der Waals surface area contributed by atoms with Crippen molar-refractivity contribution in [3.63, 3.8) is 0 Å². The van der Waals surface area contributed by atoms with Crippen LogP contribution in [0.4, 0.5) is 0 Å². The summed E-state index contributed by atoms with van der Waals surface area (Å²) in [6.45, 7) is 4.00. The zero-order valence-corrected chi connectivity index (χ0v) is 10.4. The molecule has 3 N–H and O–H groups in total. The fourth-order valence-corrected chi connectivity index (χ4v) is 2.84. The van der Waals surface area contributed by atoms with Crippen molar-refractivity contribution in [1.82, 2.24) is 4.72 Å². The molecular formula is C11H18N2O2S. The van der Waals surface area contributed by atoms with Crippen molar-refractivity contribution < 1.29 is 8.42 Å². The predicted octanol–water partition coefficient (Wildman–Crippen LogP) is 0.875. The summed E-state index contributed by atoms with van der Waals surface area (Å²) in [5, 5.41) is 0. The molecule has 0 saturated heterocycles. The molecule has 1 aromatic rings. The highest BCUT2D eigenvalue weighted by Gasteiger charge is 2.17. The molecule has 0 radical (unpaired) electrons. The maximum absolute atomic E-state index is 11.9. The summed E-state index contributed by atoms with van der Waals surface area (Å²) in [7, 11) is -3.39. The van der Waals surface area contributed by atoms with E-state index in [9.17, 15) is 8.42 Å². The monoisotopic (exact) mass is 242 g/mol. The Morgan fingerprint density at radius 1 is 1.38 bits per heavy atom. The fourth-order valence-electron chi connectivity index (χ4n) is 1.55. The first-order chi connectivity index (χ1) is 7.47. The number of hydrogen-bond donors (Lipinski definition) is 2. The van der Waals surface area contributed by atoms with Gasteiger partial charge in [0, 0.05) is 12.6 Å². The minimum Gasteiger partial charge on any atom is -0.328 e. The van der Waals surface area contributed by atoms with Crippen molar-refractivity contribution in [1.29, 1.82) is 0 Å². The molecule has 5 heteroatoms. The Kier molecular flexibility index (Phi) is 4.46. The summed E-state index contributed by atoms with van der Waals surface area (Å²) in [6, 6.07) is 6.89. The van der Waals surface area contributed by atoms with Gasteiger partial charge in [0.15, 0.2) is 0 Å². The molecule has 1 unspecified atom stereocenters. The Bertz CT molecular complexity index is 441. The molecule has 1 atom stereocenters. The molecule has 4 nitrogen and oxygen atoms in total. The van der Waals surface area contributed by atoms with Gasteiger partial charge in [0.1, 0.15) is 0 Å². The molecular weight excluding hydrogens is 224 g/mol. The van der Waals surface area contributed by atoms with Crippen LogP contribution in [0.3, 0.4) is 0 Å².